The number of nitrogens with two attached hydrogens (primary N) is 1. The maximum atomic E-state index is 14.2. The summed E-state index contributed by atoms with van der Waals surface area (Å²) in [7, 11) is 0. The number of amides is 1. The lowest BCUT2D eigenvalue weighted by molar-refractivity contribution is -0.124. The first kappa shape index (κ1) is 25.1. The molecular formula is C27H24FN7O2S2. The molecule has 0 saturated carbocycles. The van der Waals surface area contributed by atoms with E-state index >= 15 is 0 Å². The molecule has 9 nitrogen and oxygen atoms in total. The number of thiazole rings is 1. The van der Waals surface area contributed by atoms with Crippen LogP contribution in [0.5, 0.6) is 0 Å². The quantitative estimate of drug-likeness (QED) is 0.263. The molecule has 0 fully saturated rings. The highest BCUT2D eigenvalue weighted by atomic mass is 32.1. The van der Waals surface area contributed by atoms with Crippen molar-refractivity contribution in [2.24, 2.45) is 0 Å². The summed E-state index contributed by atoms with van der Waals surface area (Å²) >= 11 is 2.90. The van der Waals surface area contributed by atoms with Gasteiger partial charge in [-0.2, -0.15) is 0 Å². The van der Waals surface area contributed by atoms with E-state index in [2.05, 4.69) is 25.6 Å². The fraction of sp³-hybridized carbons (Fsp3) is 0.222. The number of hydrogen-bond donors (Lipinski definition) is 3. The number of carbonyl (C=O) groups excluding carboxylic acids is 1. The van der Waals surface area contributed by atoms with Crippen LogP contribution in [0.25, 0.3) is 20.5 Å². The largest absolute Gasteiger partial charge is 0.384 e. The Morgan fingerprint density at radius 3 is 2.87 bits per heavy atom. The smallest absolute Gasteiger partial charge is 0.277 e. The molecule has 5 aromatic rings. The molecule has 39 heavy (non-hydrogen) atoms. The molecule has 0 radical (unpaired) electrons. The Bertz CT molecular complexity index is 1760. The Labute approximate surface area is 230 Å². The predicted octanol–water partition coefficient (Wildman–Crippen LogP) is 4.67. The van der Waals surface area contributed by atoms with Crippen LogP contribution in [0.4, 0.5) is 15.9 Å². The normalized spacial score (nSPS) is 15.3. The molecule has 12 heteroatoms. The van der Waals surface area contributed by atoms with E-state index in [1.807, 2.05) is 19.1 Å². The fourth-order valence-corrected chi connectivity index (χ4v) is 6.67. The fourth-order valence-electron chi connectivity index (χ4n) is 4.70. The van der Waals surface area contributed by atoms with Crippen LogP contribution in [0, 0.1) is 5.82 Å². The van der Waals surface area contributed by atoms with Gasteiger partial charge < -0.3 is 16.4 Å². The van der Waals surface area contributed by atoms with Crippen LogP contribution < -0.4 is 21.9 Å². The molecule has 6 rings (SSSR count). The first-order valence-corrected chi connectivity index (χ1v) is 14.0. The predicted molar refractivity (Wildman–Crippen MR) is 151 cm³/mol. The molecule has 1 aromatic carbocycles. The SMILES string of the molecule is C[C@@H](Nc1cnc2n(c1=O)[C@H](C(=O)NCc1cc3cnc(N)cc3s1)CC2)c1ncc(-c2ccccc2F)s1. The van der Waals surface area contributed by atoms with E-state index in [0.717, 1.165) is 15.0 Å². The Morgan fingerprint density at radius 1 is 1.18 bits per heavy atom. The summed E-state index contributed by atoms with van der Waals surface area (Å²) in [5, 5.41) is 7.82. The molecule has 1 amide bonds. The van der Waals surface area contributed by atoms with Gasteiger partial charge >= 0.3 is 0 Å². The number of nitrogens with one attached hydrogen (secondary N) is 2. The summed E-state index contributed by atoms with van der Waals surface area (Å²) in [6.07, 6.45) is 5.89. The van der Waals surface area contributed by atoms with Gasteiger partial charge in [0.15, 0.2) is 0 Å². The molecule has 1 aliphatic heterocycles. The zero-order chi connectivity index (χ0) is 27.1. The molecule has 0 spiro atoms. The number of aryl methyl sites for hydroxylation is 1. The number of fused-ring (bicyclic) bond motifs is 2. The third-order valence-corrected chi connectivity index (χ3v) is 8.95. The van der Waals surface area contributed by atoms with E-state index < -0.39 is 6.04 Å². The van der Waals surface area contributed by atoms with Gasteiger partial charge in [-0.15, -0.1) is 22.7 Å². The van der Waals surface area contributed by atoms with Gasteiger partial charge in [0.25, 0.3) is 5.56 Å². The van der Waals surface area contributed by atoms with Gasteiger partial charge in [0.2, 0.25) is 5.91 Å². The maximum absolute atomic E-state index is 14.2. The van der Waals surface area contributed by atoms with Gasteiger partial charge in [-0.25, -0.2) is 19.3 Å². The second kappa shape index (κ2) is 10.2. The standard InChI is InChI=1S/C27H24FN7O2S2/c1-14(26-33-13-22(39-26)17-4-2-3-5-18(17)28)34-19-12-31-24-7-6-20(35(24)27(19)37)25(36)32-11-16-8-15-10-30-23(29)9-21(15)38-16/h2-5,8-10,12-14,20,34H,6-7,11H2,1H3,(H2,29,30)(H,32,36)/t14-,20+/m1/s1. The molecule has 0 bridgehead atoms. The molecule has 4 aromatic heterocycles. The molecule has 0 unspecified atom stereocenters. The van der Waals surface area contributed by atoms with Crippen molar-refractivity contribution in [3.63, 3.8) is 0 Å². The highest BCUT2D eigenvalue weighted by Crippen LogP contribution is 2.32. The summed E-state index contributed by atoms with van der Waals surface area (Å²) in [4.78, 5) is 41.2. The number of pyridine rings is 1. The van der Waals surface area contributed by atoms with Crippen molar-refractivity contribution in [1.29, 1.82) is 0 Å². The van der Waals surface area contributed by atoms with Crippen LogP contribution in [-0.4, -0.2) is 25.4 Å². The summed E-state index contributed by atoms with van der Waals surface area (Å²) in [5.74, 6) is 0.492. The average Bonchev–Trinajstić information content (AvgIpc) is 3.67. The summed E-state index contributed by atoms with van der Waals surface area (Å²) in [6, 6.07) is 9.36. The minimum absolute atomic E-state index is 0.229. The van der Waals surface area contributed by atoms with Crippen LogP contribution >= 0.6 is 22.7 Å². The highest BCUT2D eigenvalue weighted by molar-refractivity contribution is 7.19. The van der Waals surface area contributed by atoms with Crippen molar-refractivity contribution in [2.45, 2.75) is 38.4 Å². The molecular weight excluding hydrogens is 537 g/mol. The first-order chi connectivity index (χ1) is 18.9. The second-order valence-electron chi connectivity index (χ2n) is 9.30. The third-order valence-electron chi connectivity index (χ3n) is 6.64. The Balaban J connectivity index is 1.17. The number of anilines is 2. The molecule has 5 heterocycles. The lowest BCUT2D eigenvalue weighted by atomic mass is 10.2. The summed E-state index contributed by atoms with van der Waals surface area (Å²) in [6.45, 7) is 2.22. The van der Waals surface area contributed by atoms with Crippen molar-refractivity contribution in [3.8, 4) is 10.4 Å². The van der Waals surface area contributed by atoms with E-state index in [9.17, 15) is 14.0 Å². The zero-order valence-electron chi connectivity index (χ0n) is 20.8. The third kappa shape index (κ3) is 4.88. The van der Waals surface area contributed by atoms with Crippen LogP contribution in [0.3, 0.4) is 0 Å². The van der Waals surface area contributed by atoms with E-state index in [1.54, 1.807) is 41.9 Å². The van der Waals surface area contributed by atoms with Crippen molar-refractivity contribution in [2.75, 3.05) is 11.1 Å². The molecule has 0 saturated heterocycles. The minimum Gasteiger partial charge on any atom is -0.384 e. The molecule has 0 aliphatic carbocycles. The monoisotopic (exact) mass is 561 g/mol. The number of hydrogen-bond acceptors (Lipinski definition) is 9. The average molecular weight is 562 g/mol. The van der Waals surface area contributed by atoms with E-state index in [-0.39, 0.29) is 29.0 Å². The number of carbonyl (C=O) groups is 1. The van der Waals surface area contributed by atoms with Crippen molar-refractivity contribution < 1.29 is 9.18 Å². The summed E-state index contributed by atoms with van der Waals surface area (Å²) < 4.78 is 16.7. The summed E-state index contributed by atoms with van der Waals surface area (Å²) in [5.41, 5.74) is 6.23. The number of nitrogens with zero attached hydrogens (tertiary/aromatic N) is 4. The van der Waals surface area contributed by atoms with Gasteiger partial charge in [0.1, 0.15) is 34.2 Å². The Morgan fingerprint density at radius 2 is 2.03 bits per heavy atom. The van der Waals surface area contributed by atoms with Gasteiger partial charge in [0, 0.05) is 39.3 Å². The van der Waals surface area contributed by atoms with Crippen molar-refractivity contribution in [3.05, 3.63) is 86.9 Å². The lowest BCUT2D eigenvalue weighted by Gasteiger charge is -2.17. The van der Waals surface area contributed by atoms with E-state index in [1.165, 1.54) is 28.2 Å². The van der Waals surface area contributed by atoms with Gasteiger partial charge in [-0.3, -0.25) is 14.2 Å². The van der Waals surface area contributed by atoms with Crippen LogP contribution in [0.15, 0.2) is 59.8 Å². The van der Waals surface area contributed by atoms with E-state index in [4.69, 9.17) is 5.73 Å². The molecule has 1 aliphatic rings. The lowest BCUT2D eigenvalue weighted by Crippen LogP contribution is -2.36. The number of thiophene rings is 1. The second-order valence-corrected chi connectivity index (χ2v) is 11.5. The maximum Gasteiger partial charge on any atom is 0.277 e. The zero-order valence-corrected chi connectivity index (χ0v) is 22.5. The Kier molecular flexibility index (Phi) is 6.57. The van der Waals surface area contributed by atoms with Gasteiger partial charge in [-0.1, -0.05) is 18.2 Å². The van der Waals surface area contributed by atoms with Gasteiger partial charge in [0.05, 0.1) is 23.7 Å². The first-order valence-electron chi connectivity index (χ1n) is 12.4. The highest BCUT2D eigenvalue weighted by Gasteiger charge is 2.31. The number of nitrogen functional groups attached to an aromatic ring is 1. The number of benzene rings is 1. The topological polar surface area (TPSA) is 128 Å². The van der Waals surface area contributed by atoms with Crippen molar-refractivity contribution in [1.82, 2.24) is 24.8 Å². The molecule has 2 atom stereocenters. The number of halogens is 1. The van der Waals surface area contributed by atoms with Crippen molar-refractivity contribution >= 4 is 50.2 Å². The Hall–Kier alpha value is -4.16. The number of aromatic nitrogens is 4. The van der Waals surface area contributed by atoms with E-state index in [0.29, 0.717) is 46.5 Å². The number of rotatable bonds is 7. The minimum atomic E-state index is -0.642. The van der Waals surface area contributed by atoms with Crippen LogP contribution in [0.1, 0.15) is 41.1 Å². The van der Waals surface area contributed by atoms with Crippen LogP contribution in [-0.2, 0) is 17.8 Å². The molecule has 198 valence electrons. The molecule has 4 N–H and O–H groups in total. The van der Waals surface area contributed by atoms with Crippen LogP contribution in [0.2, 0.25) is 0 Å². The van der Waals surface area contributed by atoms with Gasteiger partial charge in [-0.05, 0) is 31.5 Å².